The van der Waals surface area contributed by atoms with Crippen LogP contribution in [0.5, 0.6) is 11.5 Å². The average Bonchev–Trinajstić information content (AvgIpc) is 3.57. The summed E-state index contributed by atoms with van der Waals surface area (Å²) < 4.78 is 49.0. The number of carbonyl (C=O) groups is 3. The Morgan fingerprint density at radius 1 is 1.02 bits per heavy atom. The average molecular weight is 771 g/mol. The van der Waals surface area contributed by atoms with Crippen LogP contribution in [0.15, 0.2) is 84.0 Å². The number of ether oxygens (including phenoxy) is 3. The van der Waals surface area contributed by atoms with Gasteiger partial charge in [0, 0.05) is 34.5 Å². The van der Waals surface area contributed by atoms with Gasteiger partial charge in [0.05, 0.1) is 37.5 Å². The molecule has 5 rings (SSSR count). The molecule has 1 amide bonds. The first kappa shape index (κ1) is 41.7. The minimum atomic E-state index is -5.08. The first-order valence-corrected chi connectivity index (χ1v) is 18.2. The number of anilines is 1. The summed E-state index contributed by atoms with van der Waals surface area (Å²) in [5.41, 5.74) is 2.21. The summed E-state index contributed by atoms with van der Waals surface area (Å²) in [7, 11) is 1.40. The minimum absolute atomic E-state index is 0.0695. The second-order valence-electron chi connectivity index (χ2n) is 12.9. The van der Waals surface area contributed by atoms with Crippen molar-refractivity contribution in [3.63, 3.8) is 0 Å². The third kappa shape index (κ3) is 10.1. The van der Waals surface area contributed by atoms with Crippen LogP contribution in [0.3, 0.4) is 0 Å². The monoisotopic (exact) mass is 770 g/mol. The summed E-state index contributed by atoms with van der Waals surface area (Å²) in [6, 6.07) is 19.7. The predicted molar refractivity (Wildman–Crippen MR) is 200 cm³/mol. The lowest BCUT2D eigenvalue weighted by Gasteiger charge is -2.36. The standard InChI is InChI=1S/C37H44N4O5S.C2HF3O2/c1-7-45-32-21-26(13-15-31(32)46-23(2)3)34(41(38)28-14-12-27-22-39-18-16-25(27)20-28)36(42)40-19-17-30(37(43)44-6)35(40)29-10-8-9-11-33(29)47-24(4)5;3-2(4,5)1(6)7/h8-16,18,20-24,30,34-35H,7,17,19,38H2,1-6H3;(H,6,7). The van der Waals surface area contributed by atoms with E-state index in [1.165, 1.54) is 12.1 Å². The molecule has 1 aromatic heterocycles. The molecule has 3 N–H and O–H groups in total. The van der Waals surface area contributed by atoms with Gasteiger partial charge in [-0.05, 0) is 80.1 Å². The number of aliphatic carboxylic acids is 1. The normalized spacial score (nSPS) is 16.1. The van der Waals surface area contributed by atoms with E-state index in [2.05, 4.69) is 18.8 Å². The second kappa shape index (κ2) is 18.3. The maximum Gasteiger partial charge on any atom is 0.490 e. The van der Waals surface area contributed by atoms with Crippen LogP contribution in [0.1, 0.15) is 64.3 Å². The Morgan fingerprint density at radius 2 is 1.72 bits per heavy atom. The molecule has 1 saturated heterocycles. The van der Waals surface area contributed by atoms with Crippen LogP contribution in [-0.2, 0) is 19.1 Å². The molecule has 0 radical (unpaired) electrons. The minimum Gasteiger partial charge on any atom is -0.490 e. The molecule has 1 aliphatic heterocycles. The van der Waals surface area contributed by atoms with Crippen LogP contribution in [-0.4, -0.2) is 70.6 Å². The van der Waals surface area contributed by atoms with Crippen molar-refractivity contribution < 1.29 is 46.9 Å². The van der Waals surface area contributed by atoms with Gasteiger partial charge >= 0.3 is 18.1 Å². The number of carboxylic acid groups (broad SMARTS) is 1. The fraction of sp³-hybridized carbons (Fsp3) is 0.385. The van der Waals surface area contributed by atoms with Crippen LogP contribution < -0.4 is 20.3 Å². The van der Waals surface area contributed by atoms with Crippen molar-refractivity contribution in [2.24, 2.45) is 11.8 Å². The smallest absolute Gasteiger partial charge is 0.490 e. The van der Waals surface area contributed by atoms with E-state index in [-0.39, 0.29) is 18.0 Å². The molecule has 11 nitrogen and oxygen atoms in total. The number of pyridine rings is 1. The summed E-state index contributed by atoms with van der Waals surface area (Å²) >= 11 is 1.71. The SMILES string of the molecule is CCOc1cc(C(C(=O)N2CCC(C(=O)OC)C2c2ccccc2SC(C)C)N(N)c2ccc3cnccc3c2)ccc1OC(C)C.O=C(O)C(F)(F)F. The van der Waals surface area contributed by atoms with E-state index in [1.807, 2.05) is 87.5 Å². The molecule has 3 unspecified atom stereocenters. The van der Waals surface area contributed by atoms with E-state index in [4.69, 9.17) is 30.0 Å². The highest BCUT2D eigenvalue weighted by Crippen LogP contribution is 2.45. The van der Waals surface area contributed by atoms with Gasteiger partial charge in [-0.15, -0.1) is 11.8 Å². The number of amides is 1. The number of fused-ring (bicyclic) bond motifs is 1. The van der Waals surface area contributed by atoms with E-state index in [0.717, 1.165) is 21.2 Å². The summed E-state index contributed by atoms with van der Waals surface area (Å²) in [5.74, 6) is 4.23. The van der Waals surface area contributed by atoms with Gasteiger partial charge in [-0.1, -0.05) is 44.2 Å². The van der Waals surface area contributed by atoms with Gasteiger partial charge in [-0.25, -0.2) is 10.6 Å². The fourth-order valence-electron chi connectivity index (χ4n) is 6.18. The molecule has 1 aliphatic rings. The highest BCUT2D eigenvalue weighted by atomic mass is 32.2. The highest BCUT2D eigenvalue weighted by molar-refractivity contribution is 8.00. The Labute approximate surface area is 316 Å². The zero-order chi connectivity index (χ0) is 39.7. The molecule has 15 heteroatoms. The number of likely N-dealkylation sites (tertiary alicyclic amines) is 1. The quantitative estimate of drug-likeness (QED) is 0.0632. The number of aromatic nitrogens is 1. The molecule has 290 valence electrons. The number of nitrogens with two attached hydrogens (primary N) is 1. The van der Waals surface area contributed by atoms with E-state index >= 15 is 4.79 Å². The molecule has 2 heterocycles. The number of carboxylic acids is 1. The van der Waals surface area contributed by atoms with E-state index in [9.17, 15) is 18.0 Å². The molecule has 0 spiro atoms. The number of methoxy groups -OCH3 is 1. The molecule has 0 aliphatic carbocycles. The van der Waals surface area contributed by atoms with Crippen molar-refractivity contribution in [3.05, 3.63) is 90.3 Å². The number of nitrogens with zero attached hydrogens (tertiary/aromatic N) is 3. The lowest BCUT2D eigenvalue weighted by Crippen LogP contribution is -2.47. The van der Waals surface area contributed by atoms with E-state index in [1.54, 1.807) is 29.1 Å². The summed E-state index contributed by atoms with van der Waals surface area (Å²) in [4.78, 5) is 44.3. The van der Waals surface area contributed by atoms with Gasteiger partial charge in [0.2, 0.25) is 0 Å². The Bertz CT molecular complexity index is 1930. The third-order valence-corrected chi connectivity index (χ3v) is 9.51. The summed E-state index contributed by atoms with van der Waals surface area (Å²) in [6.07, 6.45) is -1.17. The van der Waals surface area contributed by atoms with Gasteiger partial charge in [0.15, 0.2) is 11.5 Å². The Morgan fingerprint density at radius 3 is 2.35 bits per heavy atom. The van der Waals surface area contributed by atoms with Crippen molar-refractivity contribution in [2.45, 2.75) is 75.5 Å². The number of hydrazine groups is 1. The number of hydrogen-bond acceptors (Lipinski definition) is 10. The van der Waals surface area contributed by atoms with E-state index in [0.29, 0.717) is 47.6 Å². The third-order valence-electron chi connectivity index (χ3n) is 8.41. The zero-order valence-corrected chi connectivity index (χ0v) is 31.7. The number of rotatable bonds is 12. The van der Waals surface area contributed by atoms with Crippen LogP contribution in [0.25, 0.3) is 10.8 Å². The van der Waals surface area contributed by atoms with Gasteiger partial charge < -0.3 is 24.2 Å². The molecule has 0 bridgehead atoms. The second-order valence-corrected chi connectivity index (χ2v) is 14.5. The topological polar surface area (TPSA) is 145 Å². The Hall–Kier alpha value is -5.02. The van der Waals surface area contributed by atoms with E-state index < -0.39 is 30.1 Å². The number of esters is 1. The van der Waals surface area contributed by atoms with Crippen molar-refractivity contribution in [3.8, 4) is 11.5 Å². The van der Waals surface area contributed by atoms with Crippen molar-refractivity contribution >= 4 is 46.1 Å². The van der Waals surface area contributed by atoms with Crippen molar-refractivity contribution in [2.75, 3.05) is 25.3 Å². The van der Waals surface area contributed by atoms with Gasteiger partial charge in [0.1, 0.15) is 6.04 Å². The van der Waals surface area contributed by atoms with Crippen LogP contribution in [0.2, 0.25) is 0 Å². The van der Waals surface area contributed by atoms with Crippen molar-refractivity contribution in [1.82, 2.24) is 9.88 Å². The molecule has 4 aromatic rings. The Balaban J connectivity index is 0.000000845. The first-order chi connectivity index (χ1) is 25.6. The molecular formula is C39H45F3N4O7S. The first-order valence-electron chi connectivity index (χ1n) is 17.3. The van der Waals surface area contributed by atoms with Gasteiger partial charge in [0.25, 0.3) is 5.91 Å². The van der Waals surface area contributed by atoms with Gasteiger partial charge in [-0.3, -0.25) is 19.6 Å². The van der Waals surface area contributed by atoms with Gasteiger partial charge in [-0.2, -0.15) is 13.2 Å². The largest absolute Gasteiger partial charge is 0.490 e. The van der Waals surface area contributed by atoms with Crippen LogP contribution in [0, 0.1) is 5.92 Å². The highest BCUT2D eigenvalue weighted by Gasteiger charge is 2.46. The number of carbonyl (C=O) groups excluding carboxylic acids is 2. The lowest BCUT2D eigenvalue weighted by atomic mass is 9.93. The number of halogens is 3. The van der Waals surface area contributed by atoms with Crippen LogP contribution in [0.4, 0.5) is 18.9 Å². The maximum absolute atomic E-state index is 15.1. The Kier molecular flexibility index (Phi) is 14.2. The van der Waals surface area contributed by atoms with Crippen LogP contribution >= 0.6 is 11.8 Å². The molecule has 54 heavy (non-hydrogen) atoms. The lowest BCUT2D eigenvalue weighted by molar-refractivity contribution is -0.192. The number of alkyl halides is 3. The molecule has 3 aromatic carbocycles. The molecular weight excluding hydrogens is 726 g/mol. The number of hydrogen-bond donors (Lipinski definition) is 2. The zero-order valence-electron chi connectivity index (χ0n) is 30.9. The van der Waals surface area contributed by atoms with Crippen molar-refractivity contribution in [1.29, 1.82) is 0 Å². The maximum atomic E-state index is 15.1. The molecule has 3 atom stereocenters. The number of benzene rings is 3. The molecule has 1 fully saturated rings. The summed E-state index contributed by atoms with van der Waals surface area (Å²) in [5, 5.41) is 10.8. The fourth-order valence-corrected chi connectivity index (χ4v) is 7.17. The predicted octanol–water partition coefficient (Wildman–Crippen LogP) is 7.74. The molecule has 0 saturated carbocycles. The number of thioether (sulfide) groups is 1. The summed E-state index contributed by atoms with van der Waals surface area (Å²) in [6.45, 7) is 10.8.